The average molecular weight is 452 g/mol. The average Bonchev–Trinajstić information content (AvgIpc) is 3.31. The summed E-state index contributed by atoms with van der Waals surface area (Å²) in [5.41, 5.74) is 0.808. The van der Waals surface area contributed by atoms with Crippen molar-refractivity contribution in [1.82, 2.24) is 14.9 Å². The van der Waals surface area contributed by atoms with Crippen LogP contribution in [0.1, 0.15) is 64.3 Å². The van der Waals surface area contributed by atoms with E-state index in [0.29, 0.717) is 11.7 Å². The van der Waals surface area contributed by atoms with Gasteiger partial charge in [0.25, 0.3) is 5.56 Å². The van der Waals surface area contributed by atoms with Crippen molar-refractivity contribution in [3.05, 3.63) is 20.8 Å². The number of ether oxygens (including phenoxy) is 1. The van der Waals surface area contributed by atoms with E-state index in [-0.39, 0.29) is 28.4 Å². The smallest absolute Gasteiger partial charge is 0.263 e. The Morgan fingerprint density at radius 1 is 1.43 bits per heavy atom. The number of hydrogen-bond acceptors (Lipinski definition) is 6. The Kier molecular flexibility index (Phi) is 7.30. The maximum Gasteiger partial charge on any atom is 0.263 e. The zero-order chi connectivity index (χ0) is 22.1. The van der Waals surface area contributed by atoms with Crippen LogP contribution in [-0.4, -0.2) is 39.0 Å². The Bertz CT molecular complexity index is 974. The third-order valence-corrected chi connectivity index (χ3v) is 7.97. The molecule has 0 aromatic carbocycles. The molecular weight excluding hydrogens is 418 g/mol. The van der Waals surface area contributed by atoms with Crippen molar-refractivity contribution in [3.63, 3.8) is 0 Å². The lowest BCUT2D eigenvalue weighted by molar-refractivity contribution is -0.121. The lowest BCUT2D eigenvalue weighted by Gasteiger charge is -2.26. The molecule has 0 radical (unpaired) electrons. The number of rotatable bonds is 8. The number of thiophene rings is 1. The van der Waals surface area contributed by atoms with Crippen molar-refractivity contribution in [2.24, 2.45) is 0 Å². The van der Waals surface area contributed by atoms with Crippen molar-refractivity contribution < 1.29 is 9.53 Å². The molecule has 30 heavy (non-hydrogen) atoms. The van der Waals surface area contributed by atoms with Crippen LogP contribution in [0.4, 0.5) is 0 Å². The molecule has 0 aliphatic carbocycles. The minimum atomic E-state index is -0.359. The van der Waals surface area contributed by atoms with Gasteiger partial charge in [-0.2, -0.15) is 0 Å². The third kappa shape index (κ3) is 4.92. The Morgan fingerprint density at radius 2 is 2.17 bits per heavy atom. The fourth-order valence-corrected chi connectivity index (χ4v) is 5.71. The molecule has 1 aliphatic heterocycles. The molecule has 0 bridgehead atoms. The quantitative estimate of drug-likeness (QED) is 0.479. The highest BCUT2D eigenvalue weighted by atomic mass is 32.2. The second-order valence-electron chi connectivity index (χ2n) is 8.60. The van der Waals surface area contributed by atoms with Crippen molar-refractivity contribution >= 4 is 39.2 Å². The molecule has 3 heterocycles. The molecule has 2 atom stereocenters. The van der Waals surface area contributed by atoms with Gasteiger partial charge in [-0.25, -0.2) is 4.98 Å². The largest absolute Gasteiger partial charge is 0.376 e. The van der Waals surface area contributed by atoms with E-state index < -0.39 is 0 Å². The van der Waals surface area contributed by atoms with Crippen LogP contribution < -0.4 is 10.9 Å². The minimum absolute atomic E-state index is 0.0132. The summed E-state index contributed by atoms with van der Waals surface area (Å²) in [6, 6.07) is 0. The first-order valence-corrected chi connectivity index (χ1v) is 12.5. The predicted molar refractivity (Wildman–Crippen MR) is 125 cm³/mol. The maximum atomic E-state index is 13.5. The second-order valence-corrected chi connectivity index (χ2v) is 11.1. The van der Waals surface area contributed by atoms with Gasteiger partial charge in [0.2, 0.25) is 5.91 Å². The molecule has 166 valence electrons. The van der Waals surface area contributed by atoms with Gasteiger partial charge in [0.05, 0.1) is 23.3 Å². The van der Waals surface area contributed by atoms with E-state index in [1.807, 2.05) is 27.7 Å². The zero-order valence-electron chi connectivity index (χ0n) is 18.8. The molecule has 2 aromatic heterocycles. The van der Waals surface area contributed by atoms with E-state index in [0.717, 1.165) is 52.9 Å². The number of aromatic nitrogens is 2. The number of amides is 1. The van der Waals surface area contributed by atoms with Gasteiger partial charge >= 0.3 is 0 Å². The van der Waals surface area contributed by atoms with Crippen LogP contribution in [-0.2, 0) is 22.5 Å². The molecule has 8 heteroatoms. The van der Waals surface area contributed by atoms with Gasteiger partial charge in [0, 0.05) is 17.0 Å². The first kappa shape index (κ1) is 23.3. The van der Waals surface area contributed by atoms with E-state index >= 15 is 0 Å². The number of thioether (sulfide) groups is 1. The maximum absolute atomic E-state index is 13.5. The summed E-state index contributed by atoms with van der Waals surface area (Å²) in [4.78, 5) is 33.0. The number of carbonyl (C=O) groups is 1. The van der Waals surface area contributed by atoms with Crippen LogP contribution in [0.5, 0.6) is 0 Å². The number of nitrogens with one attached hydrogen (secondary N) is 1. The number of fused-ring (bicyclic) bond motifs is 1. The number of aryl methyl sites for hydroxylation is 2. The van der Waals surface area contributed by atoms with Gasteiger partial charge in [0.15, 0.2) is 5.16 Å². The second kappa shape index (κ2) is 9.40. The molecule has 2 unspecified atom stereocenters. The standard InChI is InChI=1S/C22H33N3O3S2/c1-7-16-13(3)29-19-17(16)20(27)25(12-15-10-9-11-28-15)21(23-19)30-14(4)18(26)24-22(5,6)8-2/h14-15H,7-12H2,1-6H3,(H,24,26). The van der Waals surface area contributed by atoms with Crippen molar-refractivity contribution in [3.8, 4) is 0 Å². The van der Waals surface area contributed by atoms with Crippen molar-refractivity contribution in [2.45, 2.75) is 95.8 Å². The topological polar surface area (TPSA) is 73.2 Å². The van der Waals surface area contributed by atoms with Crippen molar-refractivity contribution in [2.75, 3.05) is 6.61 Å². The van der Waals surface area contributed by atoms with Gasteiger partial charge in [-0.3, -0.25) is 14.2 Å². The summed E-state index contributed by atoms with van der Waals surface area (Å²) in [5.74, 6) is -0.0403. The first-order valence-electron chi connectivity index (χ1n) is 10.8. The molecule has 0 spiro atoms. The van der Waals surface area contributed by atoms with Gasteiger partial charge in [0.1, 0.15) is 4.83 Å². The van der Waals surface area contributed by atoms with E-state index in [4.69, 9.17) is 9.72 Å². The van der Waals surface area contributed by atoms with Gasteiger partial charge < -0.3 is 10.1 Å². The predicted octanol–water partition coefficient (Wildman–Crippen LogP) is 4.29. The number of hydrogen-bond donors (Lipinski definition) is 1. The van der Waals surface area contributed by atoms with Crippen LogP contribution in [0.15, 0.2) is 9.95 Å². The van der Waals surface area contributed by atoms with Crippen LogP contribution in [0.2, 0.25) is 0 Å². The van der Waals surface area contributed by atoms with E-state index in [2.05, 4.69) is 19.2 Å². The highest BCUT2D eigenvalue weighted by Gasteiger charge is 2.27. The molecule has 1 amide bonds. The highest BCUT2D eigenvalue weighted by molar-refractivity contribution is 8.00. The minimum Gasteiger partial charge on any atom is -0.376 e. The molecule has 6 nitrogen and oxygen atoms in total. The summed E-state index contributed by atoms with van der Waals surface area (Å²) < 4.78 is 7.54. The highest BCUT2D eigenvalue weighted by Crippen LogP contribution is 2.31. The third-order valence-electron chi connectivity index (χ3n) is 5.84. The molecule has 1 saturated heterocycles. The first-order chi connectivity index (χ1) is 14.2. The van der Waals surface area contributed by atoms with Crippen LogP contribution in [0.3, 0.4) is 0 Å². The molecule has 1 aliphatic rings. The van der Waals surface area contributed by atoms with E-state index in [1.54, 1.807) is 15.9 Å². The molecule has 1 N–H and O–H groups in total. The van der Waals surface area contributed by atoms with Gasteiger partial charge in [-0.05, 0) is 58.9 Å². The monoisotopic (exact) mass is 451 g/mol. The Labute approximate surface area is 186 Å². The Morgan fingerprint density at radius 3 is 2.77 bits per heavy atom. The fourth-order valence-electron chi connectivity index (χ4n) is 3.63. The lowest BCUT2D eigenvalue weighted by Crippen LogP contribution is -2.46. The lowest BCUT2D eigenvalue weighted by atomic mass is 10.0. The SMILES string of the molecule is CCc1c(C)sc2nc(SC(C)C(=O)NC(C)(C)CC)n(CC3CCCO3)c(=O)c12. The summed E-state index contributed by atoms with van der Waals surface area (Å²) >= 11 is 2.92. The number of carbonyl (C=O) groups excluding carboxylic acids is 1. The summed E-state index contributed by atoms with van der Waals surface area (Å²) in [5, 5.41) is 4.07. The van der Waals surface area contributed by atoms with Crippen LogP contribution in [0, 0.1) is 6.92 Å². The molecule has 2 aromatic rings. The van der Waals surface area contributed by atoms with Crippen LogP contribution >= 0.6 is 23.1 Å². The molecule has 0 saturated carbocycles. The summed E-state index contributed by atoms with van der Waals surface area (Å²) in [7, 11) is 0. The number of nitrogens with zero attached hydrogens (tertiary/aromatic N) is 2. The Balaban J connectivity index is 1.99. The Hall–Kier alpha value is -1.38. The van der Waals surface area contributed by atoms with E-state index in [1.165, 1.54) is 11.8 Å². The molecule has 1 fully saturated rings. The fraction of sp³-hybridized carbons (Fsp3) is 0.682. The summed E-state index contributed by atoms with van der Waals surface area (Å²) in [6.45, 7) is 13.3. The normalized spacial score (nSPS) is 18.1. The molecule has 3 rings (SSSR count). The molecular formula is C22H33N3O3S2. The summed E-state index contributed by atoms with van der Waals surface area (Å²) in [6.07, 6.45) is 3.63. The van der Waals surface area contributed by atoms with E-state index in [9.17, 15) is 9.59 Å². The van der Waals surface area contributed by atoms with Gasteiger partial charge in [-0.1, -0.05) is 25.6 Å². The van der Waals surface area contributed by atoms with Crippen molar-refractivity contribution in [1.29, 1.82) is 0 Å². The van der Waals surface area contributed by atoms with Gasteiger partial charge in [-0.15, -0.1) is 11.3 Å². The van der Waals surface area contributed by atoms with Crippen LogP contribution in [0.25, 0.3) is 10.2 Å². The zero-order valence-corrected chi connectivity index (χ0v) is 20.5.